The fourth-order valence-electron chi connectivity index (χ4n) is 9.85. The van der Waals surface area contributed by atoms with Crippen LogP contribution in [-0.2, 0) is 37.7 Å². The van der Waals surface area contributed by atoms with Gasteiger partial charge in [-0.15, -0.1) is 0 Å². The summed E-state index contributed by atoms with van der Waals surface area (Å²) in [6, 6.07) is 16.2. The number of nitrogens with one attached hydrogen (secondary N) is 1. The number of ether oxygens (including phenoxy) is 2. The van der Waals surface area contributed by atoms with Gasteiger partial charge in [-0.05, 0) is 106 Å². The van der Waals surface area contributed by atoms with Crippen LogP contribution in [0, 0.1) is 16.0 Å². The predicted octanol–water partition coefficient (Wildman–Crippen LogP) is 5.64. The molecular weight excluding hydrogens is 778 g/mol. The van der Waals surface area contributed by atoms with Gasteiger partial charge in [-0.3, -0.25) is 29.4 Å². The van der Waals surface area contributed by atoms with Gasteiger partial charge in [-0.2, -0.15) is 0 Å². The molecule has 0 aliphatic carbocycles. The van der Waals surface area contributed by atoms with Gasteiger partial charge in [0.25, 0.3) is 11.6 Å². The molecule has 4 aliphatic heterocycles. The number of anilines is 3. The van der Waals surface area contributed by atoms with E-state index in [0.717, 1.165) is 12.0 Å². The van der Waals surface area contributed by atoms with Gasteiger partial charge in [0, 0.05) is 48.0 Å². The summed E-state index contributed by atoms with van der Waals surface area (Å²) in [5, 5.41) is 34.7. The van der Waals surface area contributed by atoms with Crippen LogP contribution in [0.3, 0.4) is 0 Å². The Morgan fingerprint density at radius 3 is 2.59 bits per heavy atom. The number of nitrogens with zero attached hydrogens (tertiary/aromatic N) is 4. The Kier molecular flexibility index (Phi) is 12.3. The lowest BCUT2D eigenvalue weighted by Gasteiger charge is -2.35. The summed E-state index contributed by atoms with van der Waals surface area (Å²) in [4.78, 5) is 59.5. The lowest BCUT2D eigenvalue weighted by atomic mass is 9.82. The molecule has 1 unspecified atom stereocenters. The number of halogens is 1. The number of nitro benzene ring substituents is 1. The van der Waals surface area contributed by atoms with E-state index in [1.807, 2.05) is 43.3 Å². The molecular formula is C43H54FN5O9Si. The van der Waals surface area contributed by atoms with Gasteiger partial charge in [0.15, 0.2) is 5.60 Å². The van der Waals surface area contributed by atoms with Gasteiger partial charge in [0.1, 0.15) is 5.75 Å². The van der Waals surface area contributed by atoms with Crippen LogP contribution in [0.5, 0.6) is 5.75 Å². The number of amides is 3. The Balaban J connectivity index is 1.24. The summed E-state index contributed by atoms with van der Waals surface area (Å²) in [5.74, 6) is -1.05. The molecule has 7 rings (SSSR count). The summed E-state index contributed by atoms with van der Waals surface area (Å²) >= 11 is 0. The number of aliphatic hydroxyl groups excluding tert-OH is 2. The minimum Gasteiger partial charge on any atom is -0.494 e. The van der Waals surface area contributed by atoms with Crippen molar-refractivity contribution in [1.29, 1.82) is 0 Å². The number of hydrogen-bond donors (Lipinski definition) is 3. The third-order valence-electron chi connectivity index (χ3n) is 12.5. The Hall–Kier alpha value is -4.74. The highest BCUT2D eigenvalue weighted by Gasteiger charge is 2.67. The Morgan fingerprint density at radius 2 is 1.88 bits per heavy atom. The van der Waals surface area contributed by atoms with Crippen molar-refractivity contribution in [2.24, 2.45) is 5.92 Å². The van der Waals surface area contributed by atoms with E-state index in [-0.39, 0.29) is 55.3 Å². The second-order valence-corrected chi connectivity index (χ2v) is 20.4. The summed E-state index contributed by atoms with van der Waals surface area (Å²) in [6.45, 7) is 8.08. The molecule has 1 spiro atoms. The number of unbranched alkanes of at least 4 members (excludes halogenated alkanes) is 1. The molecule has 14 nitrogen and oxygen atoms in total. The molecule has 3 aromatic rings. The van der Waals surface area contributed by atoms with E-state index in [0.29, 0.717) is 73.8 Å². The zero-order valence-corrected chi connectivity index (χ0v) is 35.1. The van der Waals surface area contributed by atoms with Crippen molar-refractivity contribution in [1.82, 2.24) is 10.2 Å². The average molecular weight is 832 g/mol. The van der Waals surface area contributed by atoms with Crippen LogP contribution in [0.25, 0.3) is 0 Å². The van der Waals surface area contributed by atoms with E-state index in [4.69, 9.17) is 9.47 Å². The second kappa shape index (κ2) is 17.1. The number of fused-ring (bicyclic) bond motifs is 3. The van der Waals surface area contributed by atoms with Crippen molar-refractivity contribution in [3.63, 3.8) is 0 Å². The maximum absolute atomic E-state index is 16.5. The highest BCUT2D eigenvalue weighted by atomic mass is 28.4. The van der Waals surface area contributed by atoms with Crippen LogP contribution in [0.2, 0.25) is 18.6 Å². The zero-order chi connectivity index (χ0) is 42.2. The molecule has 3 amide bonds. The van der Waals surface area contributed by atoms with Crippen molar-refractivity contribution in [2.75, 3.05) is 42.7 Å². The number of nitro groups is 1. The summed E-state index contributed by atoms with van der Waals surface area (Å²) in [7, 11) is -3.66. The first-order chi connectivity index (χ1) is 28.2. The minimum atomic E-state index is -3.66. The number of carbonyl (C=O) groups is 3. The molecule has 16 heteroatoms. The number of likely N-dealkylation sites (tertiary alicyclic amines) is 1. The number of hydrogen-bond acceptors (Lipinski definition) is 10. The molecule has 316 valence electrons. The van der Waals surface area contributed by atoms with E-state index >= 15 is 8.90 Å². The predicted molar refractivity (Wildman–Crippen MR) is 222 cm³/mol. The summed E-state index contributed by atoms with van der Waals surface area (Å²) in [5.41, 5.74) is 0.636. The molecule has 3 aromatic carbocycles. The molecule has 3 N–H and O–H groups in total. The Bertz CT molecular complexity index is 2100. The van der Waals surface area contributed by atoms with Gasteiger partial charge in [-0.1, -0.05) is 19.1 Å². The Labute approximate surface area is 344 Å². The summed E-state index contributed by atoms with van der Waals surface area (Å²) < 4.78 is 29.0. The fraction of sp³-hybridized carbons (Fsp3) is 0.512. The minimum absolute atomic E-state index is 0.00693. The van der Waals surface area contributed by atoms with Crippen molar-refractivity contribution < 1.29 is 43.1 Å². The van der Waals surface area contributed by atoms with E-state index in [1.165, 1.54) is 36.2 Å². The lowest BCUT2D eigenvalue weighted by molar-refractivity contribution is -0.385. The smallest absolute Gasteiger partial charge is 0.269 e. The molecule has 0 radical (unpaired) electrons. The van der Waals surface area contributed by atoms with Gasteiger partial charge >= 0.3 is 0 Å². The average Bonchev–Trinajstić information content (AvgIpc) is 3.87. The van der Waals surface area contributed by atoms with Gasteiger partial charge < -0.3 is 38.9 Å². The van der Waals surface area contributed by atoms with Crippen LogP contribution < -0.4 is 19.9 Å². The van der Waals surface area contributed by atoms with Gasteiger partial charge in [0.2, 0.25) is 20.2 Å². The molecule has 6 atom stereocenters. The van der Waals surface area contributed by atoms with Crippen molar-refractivity contribution in [3.8, 4) is 5.75 Å². The Morgan fingerprint density at radius 1 is 1.10 bits per heavy atom. The van der Waals surface area contributed by atoms with E-state index < -0.39 is 48.4 Å². The third-order valence-corrected chi connectivity index (χ3v) is 14.9. The highest BCUT2D eigenvalue weighted by molar-refractivity contribution is 6.72. The topological polar surface area (TPSA) is 175 Å². The molecule has 0 aromatic heterocycles. The molecule has 2 saturated heterocycles. The SMILES string of the molecule is CCOc1ccc2c(c1)CC(NCCCCO)C(=O)N2c1cccc(CN2C(=O)[C@]3(O[C@H](CC(=O)N4CCC[C@H]4CO)[C@@H]([Si](C)(C)F)[C@@H]3C)c3cc([N+](=O)[O-])ccc32)c1. The third kappa shape index (κ3) is 7.88. The molecule has 4 heterocycles. The van der Waals surface area contributed by atoms with Crippen LogP contribution in [0.4, 0.5) is 26.9 Å². The molecule has 4 aliphatic rings. The first-order valence-corrected chi connectivity index (χ1v) is 23.6. The largest absolute Gasteiger partial charge is 0.494 e. The van der Waals surface area contributed by atoms with Gasteiger partial charge in [-0.25, -0.2) is 0 Å². The molecule has 59 heavy (non-hydrogen) atoms. The quantitative estimate of drug-likeness (QED) is 0.0572. The normalized spacial score (nSPS) is 25.2. The van der Waals surface area contributed by atoms with Crippen molar-refractivity contribution in [3.05, 3.63) is 87.5 Å². The van der Waals surface area contributed by atoms with Gasteiger partial charge in [0.05, 0.1) is 60.7 Å². The molecule has 2 fully saturated rings. The zero-order valence-electron chi connectivity index (χ0n) is 34.1. The monoisotopic (exact) mass is 831 g/mol. The number of non-ortho nitro benzene ring substituents is 1. The number of rotatable bonds is 15. The number of carbonyl (C=O) groups excluding carboxylic acids is 3. The maximum atomic E-state index is 16.5. The summed E-state index contributed by atoms with van der Waals surface area (Å²) in [6.07, 6.45) is 1.97. The lowest BCUT2D eigenvalue weighted by Crippen LogP contribution is -2.49. The highest BCUT2D eigenvalue weighted by Crippen LogP contribution is 2.61. The van der Waals surface area contributed by atoms with E-state index in [1.54, 1.807) is 22.8 Å². The van der Waals surface area contributed by atoms with E-state index in [2.05, 4.69) is 5.32 Å². The van der Waals surface area contributed by atoms with Crippen LogP contribution in [0.15, 0.2) is 60.7 Å². The second-order valence-electron chi connectivity index (χ2n) is 16.6. The standard InChI is InChI=1S/C43H54FN5O9Si/c1-5-57-33-14-16-36-29(21-33)22-35(45-17-6-7-19-50)41(53)48(36)30-11-8-10-28(20-30)25-47-37-15-13-31(49(55)56)23-34(37)43(42(47)54)27(2)40(59(3,4)44)38(58-43)24-39(52)46-18-9-12-32(46)26-51/h8,10-11,13-16,20-21,23,27,32,35,38,40,45,50-51H,5-7,9,12,17-19,22,24-26H2,1-4H3/t27-,32-,35?,38+,40-,43+/m0/s1. The first-order valence-electron chi connectivity index (χ1n) is 20.6. The van der Waals surface area contributed by atoms with E-state index in [9.17, 15) is 29.9 Å². The fourth-order valence-corrected chi connectivity index (χ4v) is 12.3. The van der Waals surface area contributed by atoms with Crippen molar-refractivity contribution in [2.45, 2.75) is 101 Å². The van der Waals surface area contributed by atoms with Crippen LogP contribution >= 0.6 is 0 Å². The van der Waals surface area contributed by atoms with Crippen LogP contribution in [0.1, 0.15) is 62.6 Å². The molecule has 0 saturated carbocycles. The first kappa shape index (κ1) is 42.4. The maximum Gasteiger partial charge on any atom is 0.269 e. The van der Waals surface area contributed by atoms with Crippen molar-refractivity contribution >= 4 is 48.9 Å². The molecule has 0 bridgehead atoms. The number of benzene rings is 3. The van der Waals surface area contributed by atoms with Crippen LogP contribution in [-0.4, -0.2) is 97.3 Å². The number of aliphatic hydroxyl groups is 2.